The number of unbranched alkanes of at least 4 members (excludes halogenated alkanes) is 3. The van der Waals surface area contributed by atoms with Crippen molar-refractivity contribution in [1.82, 2.24) is 0 Å². The van der Waals surface area contributed by atoms with Crippen molar-refractivity contribution >= 4 is 0 Å². The van der Waals surface area contributed by atoms with Gasteiger partial charge in [0.15, 0.2) is 0 Å². The van der Waals surface area contributed by atoms with Crippen LogP contribution in [0.25, 0.3) is 0 Å². The van der Waals surface area contributed by atoms with E-state index < -0.39 is 11.9 Å². The lowest BCUT2D eigenvalue weighted by molar-refractivity contribution is 0.194. The fourth-order valence-corrected chi connectivity index (χ4v) is 1.69. The number of aliphatic hydroxyl groups excluding tert-OH is 2. The van der Waals surface area contributed by atoms with Crippen LogP contribution in [0.3, 0.4) is 0 Å². The molecule has 0 aliphatic rings. The highest BCUT2D eigenvalue weighted by atomic mass is 19.1. The van der Waals surface area contributed by atoms with E-state index in [1.807, 2.05) is 0 Å². The standard InChI is InChI=1S/C14H21FO3/c1-11(17)13-7-6-12(10-14(13)15)18-9-5-3-2-4-8-16/h6-7,10-11,16-17H,2-5,8-9H2,1H3/t11-/m0/s1. The van der Waals surface area contributed by atoms with Crippen LogP contribution in [0.15, 0.2) is 18.2 Å². The molecule has 0 aromatic heterocycles. The molecule has 18 heavy (non-hydrogen) atoms. The van der Waals surface area contributed by atoms with Crippen molar-refractivity contribution in [3.05, 3.63) is 29.6 Å². The molecule has 0 heterocycles. The summed E-state index contributed by atoms with van der Waals surface area (Å²) in [6, 6.07) is 4.51. The van der Waals surface area contributed by atoms with Gasteiger partial charge in [-0.1, -0.05) is 6.42 Å². The molecule has 0 fully saturated rings. The van der Waals surface area contributed by atoms with Crippen LogP contribution in [-0.4, -0.2) is 23.4 Å². The topological polar surface area (TPSA) is 49.7 Å². The molecule has 0 saturated carbocycles. The van der Waals surface area contributed by atoms with Crippen LogP contribution in [-0.2, 0) is 0 Å². The quantitative estimate of drug-likeness (QED) is 0.703. The summed E-state index contributed by atoms with van der Waals surface area (Å²) < 4.78 is 18.9. The smallest absolute Gasteiger partial charge is 0.132 e. The average Bonchev–Trinajstić information content (AvgIpc) is 2.33. The number of hydrogen-bond acceptors (Lipinski definition) is 3. The molecule has 0 aliphatic heterocycles. The van der Waals surface area contributed by atoms with Crippen LogP contribution < -0.4 is 4.74 Å². The Bertz CT molecular complexity index is 353. The molecular weight excluding hydrogens is 235 g/mol. The maximum atomic E-state index is 13.5. The van der Waals surface area contributed by atoms with Gasteiger partial charge in [0.05, 0.1) is 12.7 Å². The minimum Gasteiger partial charge on any atom is -0.493 e. The first kappa shape index (κ1) is 14.9. The minimum absolute atomic E-state index is 0.229. The largest absolute Gasteiger partial charge is 0.493 e. The molecule has 0 saturated heterocycles. The Labute approximate surface area is 107 Å². The van der Waals surface area contributed by atoms with Crippen molar-refractivity contribution in [2.24, 2.45) is 0 Å². The zero-order chi connectivity index (χ0) is 13.4. The van der Waals surface area contributed by atoms with Gasteiger partial charge in [-0.2, -0.15) is 0 Å². The molecule has 0 unspecified atom stereocenters. The van der Waals surface area contributed by atoms with Crippen molar-refractivity contribution in [3.8, 4) is 5.75 Å². The van der Waals surface area contributed by atoms with Gasteiger partial charge in [0.25, 0.3) is 0 Å². The highest BCUT2D eigenvalue weighted by Gasteiger charge is 2.08. The summed E-state index contributed by atoms with van der Waals surface area (Å²) in [6.45, 7) is 2.30. The van der Waals surface area contributed by atoms with Gasteiger partial charge >= 0.3 is 0 Å². The van der Waals surface area contributed by atoms with E-state index in [4.69, 9.17) is 9.84 Å². The van der Waals surface area contributed by atoms with Crippen molar-refractivity contribution in [2.75, 3.05) is 13.2 Å². The average molecular weight is 256 g/mol. The first-order chi connectivity index (χ1) is 8.65. The molecule has 0 amide bonds. The molecule has 0 spiro atoms. The predicted octanol–water partition coefficient (Wildman–Crippen LogP) is 2.81. The molecule has 0 bridgehead atoms. The maximum absolute atomic E-state index is 13.5. The lowest BCUT2D eigenvalue weighted by Gasteiger charge is -2.09. The Balaban J connectivity index is 2.33. The summed E-state index contributed by atoms with van der Waals surface area (Å²) in [5, 5.41) is 17.9. The Kier molecular flexibility index (Phi) is 6.68. The number of rotatable bonds is 8. The van der Waals surface area contributed by atoms with Crippen molar-refractivity contribution in [2.45, 2.75) is 38.7 Å². The molecule has 2 N–H and O–H groups in total. The fourth-order valence-electron chi connectivity index (χ4n) is 1.69. The summed E-state index contributed by atoms with van der Waals surface area (Å²) in [4.78, 5) is 0. The second-order valence-electron chi connectivity index (χ2n) is 4.35. The first-order valence-corrected chi connectivity index (χ1v) is 6.36. The van der Waals surface area contributed by atoms with E-state index in [2.05, 4.69) is 0 Å². The van der Waals surface area contributed by atoms with Crippen LogP contribution >= 0.6 is 0 Å². The molecule has 0 radical (unpaired) electrons. The van der Waals surface area contributed by atoms with Gasteiger partial charge in [-0.15, -0.1) is 0 Å². The van der Waals surface area contributed by atoms with Gasteiger partial charge in [-0.25, -0.2) is 4.39 Å². The van der Waals surface area contributed by atoms with E-state index in [0.717, 1.165) is 25.7 Å². The third kappa shape index (κ3) is 5.02. The second kappa shape index (κ2) is 8.06. The lowest BCUT2D eigenvalue weighted by atomic mass is 10.1. The van der Waals surface area contributed by atoms with Crippen molar-refractivity contribution in [1.29, 1.82) is 0 Å². The Hall–Kier alpha value is -1.13. The molecule has 1 rings (SSSR count). The molecule has 1 aromatic rings. The zero-order valence-corrected chi connectivity index (χ0v) is 10.7. The molecule has 3 nitrogen and oxygen atoms in total. The maximum Gasteiger partial charge on any atom is 0.132 e. The van der Waals surface area contributed by atoms with Crippen molar-refractivity contribution in [3.63, 3.8) is 0 Å². The van der Waals surface area contributed by atoms with E-state index >= 15 is 0 Å². The SMILES string of the molecule is C[C@H](O)c1ccc(OCCCCCCO)cc1F. The van der Waals surface area contributed by atoms with E-state index in [9.17, 15) is 9.50 Å². The third-order valence-electron chi connectivity index (χ3n) is 2.74. The van der Waals surface area contributed by atoms with Crippen LogP contribution in [0.5, 0.6) is 5.75 Å². The molecule has 4 heteroatoms. The van der Waals surface area contributed by atoms with Gasteiger partial charge < -0.3 is 14.9 Å². The van der Waals surface area contributed by atoms with E-state index in [-0.39, 0.29) is 12.2 Å². The van der Waals surface area contributed by atoms with Crippen LogP contribution in [0.1, 0.15) is 44.3 Å². The van der Waals surface area contributed by atoms with E-state index in [1.54, 1.807) is 12.1 Å². The van der Waals surface area contributed by atoms with Crippen LogP contribution in [0, 0.1) is 5.82 Å². The number of halogens is 1. The van der Waals surface area contributed by atoms with Gasteiger partial charge in [-0.3, -0.25) is 0 Å². The number of ether oxygens (including phenoxy) is 1. The molecule has 102 valence electrons. The predicted molar refractivity (Wildman–Crippen MR) is 68.1 cm³/mol. The summed E-state index contributed by atoms with van der Waals surface area (Å²) in [7, 11) is 0. The molecule has 1 aromatic carbocycles. The van der Waals surface area contributed by atoms with Gasteiger partial charge in [0.1, 0.15) is 11.6 Å². The van der Waals surface area contributed by atoms with Crippen LogP contribution in [0.2, 0.25) is 0 Å². The number of hydrogen-bond donors (Lipinski definition) is 2. The van der Waals surface area contributed by atoms with E-state index in [1.165, 1.54) is 13.0 Å². The summed E-state index contributed by atoms with van der Waals surface area (Å²) in [6.07, 6.45) is 2.87. The Morgan fingerprint density at radius 2 is 1.94 bits per heavy atom. The summed E-state index contributed by atoms with van der Waals surface area (Å²) in [5.41, 5.74) is 0.283. The first-order valence-electron chi connectivity index (χ1n) is 6.36. The Morgan fingerprint density at radius 3 is 2.56 bits per heavy atom. The normalized spacial score (nSPS) is 12.4. The second-order valence-corrected chi connectivity index (χ2v) is 4.35. The van der Waals surface area contributed by atoms with Gasteiger partial charge in [-0.05, 0) is 38.3 Å². The monoisotopic (exact) mass is 256 g/mol. The lowest BCUT2D eigenvalue weighted by Crippen LogP contribution is -2.00. The zero-order valence-electron chi connectivity index (χ0n) is 10.7. The number of aliphatic hydroxyl groups is 2. The molecule has 1 atom stereocenters. The van der Waals surface area contributed by atoms with E-state index in [0.29, 0.717) is 12.4 Å². The third-order valence-corrected chi connectivity index (χ3v) is 2.74. The number of benzene rings is 1. The summed E-state index contributed by atoms with van der Waals surface area (Å²) >= 11 is 0. The fraction of sp³-hybridized carbons (Fsp3) is 0.571. The molecule has 0 aliphatic carbocycles. The minimum atomic E-state index is -0.808. The van der Waals surface area contributed by atoms with Crippen LogP contribution in [0.4, 0.5) is 4.39 Å². The van der Waals surface area contributed by atoms with Crippen molar-refractivity contribution < 1.29 is 19.3 Å². The Morgan fingerprint density at radius 1 is 1.22 bits per heavy atom. The highest BCUT2D eigenvalue weighted by Crippen LogP contribution is 2.21. The summed E-state index contributed by atoms with van der Waals surface area (Å²) in [5.74, 6) is 0.0434. The van der Waals surface area contributed by atoms with Gasteiger partial charge in [0.2, 0.25) is 0 Å². The highest BCUT2D eigenvalue weighted by molar-refractivity contribution is 5.29. The molecular formula is C14H21FO3. The van der Waals surface area contributed by atoms with Gasteiger partial charge in [0, 0.05) is 18.2 Å².